The van der Waals surface area contributed by atoms with Crippen LogP contribution in [0.4, 0.5) is 4.39 Å². The van der Waals surface area contributed by atoms with Crippen LogP contribution in [0, 0.1) is 36.4 Å². The van der Waals surface area contributed by atoms with Crippen molar-refractivity contribution in [2.24, 2.45) is 23.7 Å². The van der Waals surface area contributed by atoms with E-state index in [2.05, 4.69) is 72.8 Å². The van der Waals surface area contributed by atoms with Gasteiger partial charge in [0, 0.05) is 22.1 Å². The smallest absolute Gasteiger partial charge is 0.164 e. The van der Waals surface area contributed by atoms with Gasteiger partial charge in [0.05, 0.1) is 0 Å². The van der Waals surface area contributed by atoms with Crippen LogP contribution in [0.15, 0.2) is 140 Å². The molecule has 0 N–H and O–H groups in total. The zero-order valence-electron chi connectivity index (χ0n) is 30.3. The number of nitrogens with zero attached hydrogens (tertiary/aromatic N) is 3. The first-order valence-electron chi connectivity index (χ1n) is 19.6. The summed E-state index contributed by atoms with van der Waals surface area (Å²) in [6.45, 7) is 1.92. The molecule has 1 heterocycles. The molecule has 6 aromatic carbocycles. The molecule has 3 nitrogen and oxygen atoms in total. The molecule has 1 aromatic heterocycles. The highest BCUT2D eigenvalue weighted by molar-refractivity contribution is 5.91. The Kier molecular flexibility index (Phi) is 7.14. The summed E-state index contributed by atoms with van der Waals surface area (Å²) in [7, 11) is 0. The van der Waals surface area contributed by atoms with Gasteiger partial charge in [-0.25, -0.2) is 19.3 Å². The first-order chi connectivity index (χ1) is 26.5. The van der Waals surface area contributed by atoms with E-state index in [9.17, 15) is 0 Å². The summed E-state index contributed by atoms with van der Waals surface area (Å²) in [5, 5.41) is 0. The van der Waals surface area contributed by atoms with E-state index in [1.807, 2.05) is 73.7 Å². The molecule has 54 heavy (non-hydrogen) atoms. The molecule has 262 valence electrons. The number of aromatic nitrogens is 3. The van der Waals surface area contributed by atoms with Gasteiger partial charge in [0.1, 0.15) is 5.82 Å². The Morgan fingerprint density at radius 2 is 0.944 bits per heavy atom. The second-order valence-electron chi connectivity index (χ2n) is 16.2. The van der Waals surface area contributed by atoms with E-state index in [0.29, 0.717) is 29.3 Å². The van der Waals surface area contributed by atoms with Crippen molar-refractivity contribution in [1.82, 2.24) is 15.0 Å². The number of benzene rings is 6. The highest BCUT2D eigenvalue weighted by atomic mass is 19.1. The lowest BCUT2D eigenvalue weighted by Crippen LogP contribution is -2.55. The highest BCUT2D eigenvalue weighted by Crippen LogP contribution is 2.69. The molecule has 4 fully saturated rings. The zero-order chi connectivity index (χ0) is 36.0. The average molecular weight is 702 g/mol. The molecule has 5 aliphatic rings. The Hall–Kier alpha value is -5.74. The third-order valence-electron chi connectivity index (χ3n) is 13.3. The van der Waals surface area contributed by atoms with Gasteiger partial charge in [-0.15, -0.1) is 0 Å². The van der Waals surface area contributed by atoms with E-state index in [0.717, 1.165) is 50.8 Å². The van der Waals surface area contributed by atoms with E-state index in [1.165, 1.54) is 59.9 Å². The van der Waals surface area contributed by atoms with E-state index in [1.54, 1.807) is 0 Å². The summed E-state index contributed by atoms with van der Waals surface area (Å²) < 4.78 is 15.6. The van der Waals surface area contributed by atoms with Crippen LogP contribution < -0.4 is 0 Å². The predicted molar refractivity (Wildman–Crippen MR) is 215 cm³/mol. The molecule has 0 atom stereocenters. The monoisotopic (exact) mass is 701 g/mol. The molecule has 4 bridgehead atoms. The molecule has 0 saturated heterocycles. The van der Waals surface area contributed by atoms with Crippen molar-refractivity contribution in [1.29, 1.82) is 0 Å². The molecule has 5 aliphatic carbocycles. The Morgan fingerprint density at radius 3 is 1.54 bits per heavy atom. The number of fused-ring (bicyclic) bond motifs is 3. The van der Waals surface area contributed by atoms with Gasteiger partial charge in [0.15, 0.2) is 17.5 Å². The minimum Gasteiger partial charge on any atom is -0.208 e. The molecule has 0 unspecified atom stereocenters. The normalized spacial score (nSPS) is 23.1. The fourth-order valence-corrected chi connectivity index (χ4v) is 11.2. The zero-order valence-corrected chi connectivity index (χ0v) is 30.3. The number of hydrogen-bond donors (Lipinski definition) is 0. The van der Waals surface area contributed by atoms with E-state index >= 15 is 4.39 Å². The number of hydrogen-bond acceptors (Lipinski definition) is 3. The lowest BCUT2D eigenvalue weighted by molar-refractivity contribution is -0.0400. The Bertz CT molecular complexity index is 2490. The van der Waals surface area contributed by atoms with Crippen LogP contribution >= 0.6 is 0 Å². The summed E-state index contributed by atoms with van der Waals surface area (Å²) in [5.41, 5.74) is 13.3. The van der Waals surface area contributed by atoms with Gasteiger partial charge >= 0.3 is 0 Å². The molecular weight excluding hydrogens is 662 g/mol. The average Bonchev–Trinajstić information content (AvgIpc) is 3.49. The summed E-state index contributed by atoms with van der Waals surface area (Å²) in [5.74, 6) is 4.70. The van der Waals surface area contributed by atoms with Crippen LogP contribution in [0.2, 0.25) is 0 Å². The van der Waals surface area contributed by atoms with E-state index < -0.39 is 0 Å². The minimum absolute atomic E-state index is 0.0684. The summed E-state index contributed by atoms with van der Waals surface area (Å²) in [6.07, 6.45) is 6.50. The second-order valence-corrected chi connectivity index (χ2v) is 16.2. The van der Waals surface area contributed by atoms with Gasteiger partial charge in [-0.1, -0.05) is 115 Å². The molecule has 7 aromatic rings. The first kappa shape index (κ1) is 31.8. The van der Waals surface area contributed by atoms with Gasteiger partial charge in [0.2, 0.25) is 0 Å². The topological polar surface area (TPSA) is 38.7 Å². The largest absolute Gasteiger partial charge is 0.208 e. The Morgan fingerprint density at radius 1 is 0.444 bits per heavy atom. The van der Waals surface area contributed by atoms with Crippen LogP contribution in [0.25, 0.3) is 67.5 Å². The first-order valence-corrected chi connectivity index (χ1v) is 19.6. The standard InChI is InChI=1S/C50H40FN3/c1-30-21-42-43-27-36(18-20-44(43)50(45(42)29-46(30)51)38-23-31-22-32(25-38)26-39(50)24-31)40-19-17-37(28-41(40)33-11-5-2-6-12-33)49-53-47(34-13-7-3-8-14-34)52-48(54-49)35-15-9-4-10-16-35/h2-21,27-29,31-32,38-39H,22-26H2,1H3. The molecule has 0 aliphatic heterocycles. The summed E-state index contributed by atoms with van der Waals surface area (Å²) in [4.78, 5) is 15.0. The lowest BCUT2D eigenvalue weighted by atomic mass is 9.43. The van der Waals surface area contributed by atoms with Crippen molar-refractivity contribution in [3.63, 3.8) is 0 Å². The van der Waals surface area contributed by atoms with E-state index in [4.69, 9.17) is 15.0 Å². The third kappa shape index (κ3) is 4.82. The van der Waals surface area contributed by atoms with Crippen molar-refractivity contribution < 1.29 is 4.39 Å². The Balaban J connectivity index is 1.08. The Labute approximate surface area is 316 Å². The number of aryl methyl sites for hydroxylation is 1. The lowest BCUT2D eigenvalue weighted by Gasteiger charge is -2.61. The maximum absolute atomic E-state index is 15.6. The molecular formula is C50H40FN3. The molecule has 1 spiro atoms. The van der Waals surface area contributed by atoms with Crippen molar-refractivity contribution in [3.05, 3.63) is 162 Å². The second kappa shape index (κ2) is 12.1. The SMILES string of the molecule is Cc1cc2c(cc1F)C1(c3ccc(-c4ccc(-c5nc(-c6ccccc6)nc(-c6ccccc6)n5)cc4-c4ccccc4)cc3-2)C2CC3CC(C2)CC1C3. The van der Waals surface area contributed by atoms with Crippen molar-refractivity contribution in [2.45, 2.75) is 44.4 Å². The van der Waals surface area contributed by atoms with Crippen LogP contribution in [-0.2, 0) is 5.41 Å². The number of rotatable bonds is 5. The van der Waals surface area contributed by atoms with Gasteiger partial charge < -0.3 is 0 Å². The van der Waals surface area contributed by atoms with E-state index in [-0.39, 0.29) is 11.2 Å². The third-order valence-corrected chi connectivity index (χ3v) is 13.3. The van der Waals surface area contributed by atoms with Crippen molar-refractivity contribution in [3.8, 4) is 67.5 Å². The molecule has 4 saturated carbocycles. The number of halogens is 1. The summed E-state index contributed by atoms with van der Waals surface area (Å²) >= 11 is 0. The van der Waals surface area contributed by atoms with Crippen LogP contribution in [0.5, 0.6) is 0 Å². The van der Waals surface area contributed by atoms with Gasteiger partial charge in [-0.3, -0.25) is 0 Å². The van der Waals surface area contributed by atoms with Crippen LogP contribution in [0.1, 0.15) is 48.8 Å². The highest BCUT2D eigenvalue weighted by Gasteiger charge is 2.61. The van der Waals surface area contributed by atoms with Gasteiger partial charge in [0.25, 0.3) is 0 Å². The van der Waals surface area contributed by atoms with Crippen molar-refractivity contribution >= 4 is 0 Å². The maximum Gasteiger partial charge on any atom is 0.164 e. The molecule has 4 heteroatoms. The predicted octanol–water partition coefficient (Wildman–Crippen LogP) is 12.4. The molecule has 12 rings (SSSR count). The minimum atomic E-state index is -0.0805. The fraction of sp³-hybridized carbons (Fsp3) is 0.220. The van der Waals surface area contributed by atoms with Crippen molar-refractivity contribution in [2.75, 3.05) is 0 Å². The maximum atomic E-state index is 15.6. The molecule has 0 radical (unpaired) electrons. The molecule has 0 amide bonds. The van der Waals surface area contributed by atoms with Crippen LogP contribution in [0.3, 0.4) is 0 Å². The van der Waals surface area contributed by atoms with Crippen LogP contribution in [-0.4, -0.2) is 15.0 Å². The van der Waals surface area contributed by atoms with Gasteiger partial charge in [-0.2, -0.15) is 0 Å². The van der Waals surface area contributed by atoms with Gasteiger partial charge in [-0.05, 0) is 137 Å². The fourth-order valence-electron chi connectivity index (χ4n) is 11.2. The quantitative estimate of drug-likeness (QED) is 0.179. The summed E-state index contributed by atoms with van der Waals surface area (Å²) in [6, 6.07) is 48.7.